The minimum atomic E-state index is -3.36. The summed E-state index contributed by atoms with van der Waals surface area (Å²) < 4.78 is 30.9. The highest BCUT2D eigenvalue weighted by atomic mass is 32.2. The van der Waals surface area contributed by atoms with E-state index in [0.29, 0.717) is 44.0 Å². The highest BCUT2D eigenvalue weighted by Gasteiger charge is 2.23. The third-order valence-electron chi connectivity index (χ3n) is 5.74. The number of benzene rings is 3. The fourth-order valence-electron chi connectivity index (χ4n) is 4.07. The highest BCUT2D eigenvalue weighted by Crippen LogP contribution is 2.25. The number of nitrogens with zero attached hydrogens (tertiary/aromatic N) is 2. The number of aliphatic hydroxyl groups is 1. The Hall–Kier alpha value is -3.14. The van der Waals surface area contributed by atoms with E-state index in [1.54, 1.807) is 29.2 Å². The van der Waals surface area contributed by atoms with E-state index < -0.39 is 16.1 Å². The zero-order chi connectivity index (χ0) is 24.1. The van der Waals surface area contributed by atoms with Gasteiger partial charge in [0.1, 0.15) is 18.5 Å². The predicted octanol–water partition coefficient (Wildman–Crippen LogP) is 2.41. The number of hydrogen-bond acceptors (Lipinski definition) is 6. The molecule has 3 aromatic rings. The first-order chi connectivity index (χ1) is 16.3. The normalized spacial score (nSPS) is 15.8. The molecule has 1 amide bonds. The SMILES string of the molecule is CS(=O)(=O)Nc1ccc(C(=O)N2CCN(CC(O)COc3cccc4ccccc34)CC2)cc1. The van der Waals surface area contributed by atoms with Crippen molar-refractivity contribution in [3.8, 4) is 5.75 Å². The first kappa shape index (κ1) is 24.0. The number of hydrogen-bond donors (Lipinski definition) is 2. The number of β-amino-alcohol motifs (C(OH)–C–C–N with tert-alkyl or cyclic N) is 1. The second-order valence-corrected chi connectivity index (χ2v) is 10.2. The van der Waals surface area contributed by atoms with Gasteiger partial charge in [0.15, 0.2) is 0 Å². The van der Waals surface area contributed by atoms with Gasteiger partial charge in [-0.1, -0.05) is 36.4 Å². The fraction of sp³-hybridized carbons (Fsp3) is 0.320. The van der Waals surface area contributed by atoms with Crippen molar-refractivity contribution in [1.29, 1.82) is 0 Å². The molecule has 0 aliphatic carbocycles. The van der Waals surface area contributed by atoms with Gasteiger partial charge in [0.2, 0.25) is 10.0 Å². The maximum Gasteiger partial charge on any atom is 0.253 e. The molecule has 0 spiro atoms. The van der Waals surface area contributed by atoms with E-state index in [4.69, 9.17) is 4.74 Å². The van der Waals surface area contributed by atoms with Crippen LogP contribution in [0.1, 0.15) is 10.4 Å². The summed E-state index contributed by atoms with van der Waals surface area (Å²) in [4.78, 5) is 16.7. The minimum absolute atomic E-state index is 0.0922. The second kappa shape index (κ2) is 10.4. The molecule has 1 saturated heterocycles. The number of aliphatic hydroxyl groups excluding tert-OH is 1. The Kier molecular flexibility index (Phi) is 7.35. The van der Waals surface area contributed by atoms with Crippen molar-refractivity contribution in [2.24, 2.45) is 0 Å². The van der Waals surface area contributed by atoms with Crippen molar-refractivity contribution in [3.05, 3.63) is 72.3 Å². The van der Waals surface area contributed by atoms with Crippen LogP contribution in [0, 0.1) is 0 Å². The number of rotatable bonds is 8. The molecule has 34 heavy (non-hydrogen) atoms. The van der Waals surface area contributed by atoms with Gasteiger partial charge in [0.05, 0.1) is 6.26 Å². The molecule has 1 atom stereocenters. The lowest BCUT2D eigenvalue weighted by molar-refractivity contribution is 0.0406. The molecule has 1 heterocycles. The van der Waals surface area contributed by atoms with Crippen LogP contribution < -0.4 is 9.46 Å². The molecular weight excluding hydrogens is 454 g/mol. The Morgan fingerprint density at radius 1 is 1.00 bits per heavy atom. The molecule has 1 unspecified atom stereocenters. The molecule has 1 fully saturated rings. The highest BCUT2D eigenvalue weighted by molar-refractivity contribution is 7.92. The molecule has 1 aliphatic heterocycles. The molecule has 0 saturated carbocycles. The molecular formula is C25H29N3O5S. The summed E-state index contributed by atoms with van der Waals surface area (Å²) in [6.45, 7) is 3.09. The summed E-state index contributed by atoms with van der Waals surface area (Å²) in [5.74, 6) is 0.663. The van der Waals surface area contributed by atoms with Crippen molar-refractivity contribution >= 4 is 32.4 Å². The summed E-state index contributed by atoms with van der Waals surface area (Å²) in [6.07, 6.45) is 0.439. The number of amides is 1. The number of anilines is 1. The van der Waals surface area contributed by atoms with E-state index >= 15 is 0 Å². The Bertz CT molecular complexity index is 1230. The van der Waals surface area contributed by atoms with Crippen molar-refractivity contribution in [1.82, 2.24) is 9.80 Å². The molecule has 1 aliphatic rings. The van der Waals surface area contributed by atoms with Crippen molar-refractivity contribution < 1.29 is 23.1 Å². The van der Waals surface area contributed by atoms with Crippen LogP contribution in [0.4, 0.5) is 5.69 Å². The van der Waals surface area contributed by atoms with Gasteiger partial charge >= 0.3 is 0 Å². The number of sulfonamides is 1. The topological polar surface area (TPSA) is 99.2 Å². The molecule has 9 heteroatoms. The predicted molar refractivity (Wildman–Crippen MR) is 133 cm³/mol. The molecule has 0 bridgehead atoms. The monoisotopic (exact) mass is 483 g/mol. The van der Waals surface area contributed by atoms with Crippen LogP contribution in [-0.2, 0) is 10.0 Å². The van der Waals surface area contributed by atoms with Gasteiger partial charge < -0.3 is 14.7 Å². The van der Waals surface area contributed by atoms with E-state index in [2.05, 4.69) is 9.62 Å². The van der Waals surface area contributed by atoms with E-state index in [1.165, 1.54) is 0 Å². The molecule has 0 aromatic heterocycles. The number of piperazine rings is 1. The van der Waals surface area contributed by atoms with Crippen LogP contribution in [0.25, 0.3) is 10.8 Å². The molecule has 4 rings (SSSR count). The molecule has 3 aromatic carbocycles. The maximum atomic E-state index is 12.8. The zero-order valence-electron chi connectivity index (χ0n) is 19.1. The van der Waals surface area contributed by atoms with Crippen LogP contribution in [0.2, 0.25) is 0 Å². The van der Waals surface area contributed by atoms with Crippen molar-refractivity contribution in [3.63, 3.8) is 0 Å². The average molecular weight is 484 g/mol. The van der Waals surface area contributed by atoms with Crippen LogP contribution in [0.15, 0.2) is 66.7 Å². The van der Waals surface area contributed by atoms with Crippen LogP contribution in [0.3, 0.4) is 0 Å². The number of fused-ring (bicyclic) bond motifs is 1. The van der Waals surface area contributed by atoms with E-state index in [9.17, 15) is 18.3 Å². The van der Waals surface area contributed by atoms with Crippen LogP contribution in [-0.4, -0.2) is 80.9 Å². The smallest absolute Gasteiger partial charge is 0.253 e. The van der Waals surface area contributed by atoms with Gasteiger partial charge in [-0.25, -0.2) is 8.42 Å². The maximum absolute atomic E-state index is 12.8. The Morgan fingerprint density at radius 3 is 2.38 bits per heavy atom. The Morgan fingerprint density at radius 2 is 1.68 bits per heavy atom. The van der Waals surface area contributed by atoms with Crippen LogP contribution >= 0.6 is 0 Å². The van der Waals surface area contributed by atoms with Gasteiger partial charge in [-0.2, -0.15) is 0 Å². The molecule has 2 N–H and O–H groups in total. The lowest BCUT2D eigenvalue weighted by Crippen LogP contribution is -2.50. The van der Waals surface area contributed by atoms with E-state index in [1.807, 2.05) is 42.5 Å². The first-order valence-corrected chi connectivity index (χ1v) is 13.1. The minimum Gasteiger partial charge on any atom is -0.490 e. The lowest BCUT2D eigenvalue weighted by Gasteiger charge is -2.35. The number of nitrogens with one attached hydrogen (secondary N) is 1. The Labute approximate surface area is 199 Å². The number of carbonyl (C=O) groups is 1. The third-order valence-corrected chi connectivity index (χ3v) is 6.35. The van der Waals surface area contributed by atoms with Gasteiger partial charge in [0.25, 0.3) is 5.91 Å². The Balaban J connectivity index is 1.24. The van der Waals surface area contributed by atoms with E-state index in [-0.39, 0.29) is 12.5 Å². The van der Waals surface area contributed by atoms with Gasteiger partial charge in [0, 0.05) is 49.4 Å². The molecule has 0 radical (unpaired) electrons. The average Bonchev–Trinajstić information content (AvgIpc) is 2.82. The summed E-state index contributed by atoms with van der Waals surface area (Å²) in [7, 11) is -3.36. The van der Waals surface area contributed by atoms with Crippen LogP contribution in [0.5, 0.6) is 5.75 Å². The van der Waals surface area contributed by atoms with Gasteiger partial charge in [-0.05, 0) is 35.7 Å². The lowest BCUT2D eigenvalue weighted by atomic mass is 10.1. The second-order valence-electron chi connectivity index (χ2n) is 8.49. The summed E-state index contributed by atoms with van der Waals surface area (Å²) in [5.41, 5.74) is 0.930. The zero-order valence-corrected chi connectivity index (χ0v) is 19.9. The fourth-order valence-corrected chi connectivity index (χ4v) is 4.63. The number of ether oxygens (including phenoxy) is 1. The summed E-state index contributed by atoms with van der Waals surface area (Å²) in [6, 6.07) is 20.3. The van der Waals surface area contributed by atoms with Gasteiger partial charge in [-0.15, -0.1) is 0 Å². The van der Waals surface area contributed by atoms with Crippen molar-refractivity contribution in [2.75, 3.05) is 50.3 Å². The van der Waals surface area contributed by atoms with E-state index in [0.717, 1.165) is 22.8 Å². The molecule has 8 nitrogen and oxygen atoms in total. The largest absolute Gasteiger partial charge is 0.490 e. The molecule has 180 valence electrons. The third kappa shape index (κ3) is 6.25. The summed E-state index contributed by atoms with van der Waals surface area (Å²) in [5, 5.41) is 12.6. The quantitative estimate of drug-likeness (QED) is 0.511. The van der Waals surface area contributed by atoms with Crippen molar-refractivity contribution in [2.45, 2.75) is 6.10 Å². The number of carbonyl (C=O) groups excluding carboxylic acids is 1. The first-order valence-electron chi connectivity index (χ1n) is 11.2. The summed E-state index contributed by atoms with van der Waals surface area (Å²) >= 11 is 0. The van der Waals surface area contributed by atoms with Gasteiger partial charge in [-0.3, -0.25) is 14.4 Å². The standard InChI is InChI=1S/C25H29N3O5S/c1-34(31,32)26-21-11-9-20(10-12-21)25(30)28-15-13-27(14-16-28)17-22(29)18-33-24-8-4-6-19-5-2-3-7-23(19)24/h2-12,22,26,29H,13-18H2,1H3.